The van der Waals surface area contributed by atoms with E-state index in [4.69, 9.17) is 4.74 Å². The van der Waals surface area contributed by atoms with Crippen molar-refractivity contribution in [2.24, 2.45) is 0 Å². The molecule has 126 valence electrons. The Bertz CT molecular complexity index is 698. The summed E-state index contributed by atoms with van der Waals surface area (Å²) < 4.78 is 5.35. The van der Waals surface area contributed by atoms with Gasteiger partial charge in [-0.25, -0.2) is 0 Å². The maximum absolute atomic E-state index is 11.0. The van der Waals surface area contributed by atoms with Crippen molar-refractivity contribution in [3.05, 3.63) is 64.2 Å². The van der Waals surface area contributed by atoms with Crippen LogP contribution < -0.4 is 9.64 Å². The first-order chi connectivity index (χ1) is 11.7. The number of methoxy groups -OCH3 is 1. The van der Waals surface area contributed by atoms with Crippen molar-refractivity contribution in [2.75, 3.05) is 38.2 Å². The van der Waals surface area contributed by atoms with Crippen molar-refractivity contribution in [1.29, 1.82) is 0 Å². The predicted molar refractivity (Wildman–Crippen MR) is 93.6 cm³/mol. The number of rotatable bonds is 5. The maximum atomic E-state index is 11.0. The van der Waals surface area contributed by atoms with Gasteiger partial charge in [-0.3, -0.25) is 15.0 Å². The first kappa shape index (κ1) is 16.3. The Morgan fingerprint density at radius 2 is 1.79 bits per heavy atom. The van der Waals surface area contributed by atoms with Crippen LogP contribution in [0, 0.1) is 10.1 Å². The molecule has 2 aromatic carbocycles. The van der Waals surface area contributed by atoms with Crippen LogP contribution in [0.5, 0.6) is 5.75 Å². The molecular formula is C18H21N3O3. The van der Waals surface area contributed by atoms with Crippen molar-refractivity contribution < 1.29 is 9.66 Å². The summed E-state index contributed by atoms with van der Waals surface area (Å²) in [6.45, 7) is 4.39. The molecular weight excluding hydrogens is 306 g/mol. The molecule has 0 unspecified atom stereocenters. The topological polar surface area (TPSA) is 58.9 Å². The second-order valence-electron chi connectivity index (χ2n) is 5.85. The SMILES string of the molecule is COc1ccc([N+](=O)[O-])cc1CN1CCN(c2ccccc2)CC1. The Hall–Kier alpha value is -2.60. The quantitative estimate of drug-likeness (QED) is 0.624. The van der Waals surface area contributed by atoms with E-state index >= 15 is 0 Å². The van der Waals surface area contributed by atoms with E-state index < -0.39 is 0 Å². The zero-order valence-electron chi connectivity index (χ0n) is 13.7. The standard InChI is InChI=1S/C18H21N3O3/c1-24-18-8-7-17(21(22)23)13-15(18)14-19-9-11-20(12-10-19)16-5-3-2-4-6-16/h2-8,13H,9-12,14H2,1H3. The Labute approximate surface area is 141 Å². The lowest BCUT2D eigenvalue weighted by Crippen LogP contribution is -2.46. The third kappa shape index (κ3) is 3.65. The fourth-order valence-corrected chi connectivity index (χ4v) is 3.05. The molecule has 0 bridgehead atoms. The lowest BCUT2D eigenvalue weighted by atomic mass is 10.1. The van der Waals surface area contributed by atoms with E-state index in [-0.39, 0.29) is 10.6 Å². The largest absolute Gasteiger partial charge is 0.496 e. The monoisotopic (exact) mass is 327 g/mol. The minimum atomic E-state index is -0.365. The maximum Gasteiger partial charge on any atom is 0.270 e. The summed E-state index contributed by atoms with van der Waals surface area (Å²) in [6.07, 6.45) is 0. The fraction of sp³-hybridized carbons (Fsp3) is 0.333. The number of hydrogen-bond acceptors (Lipinski definition) is 5. The number of piperazine rings is 1. The number of anilines is 1. The third-order valence-electron chi connectivity index (χ3n) is 4.36. The minimum Gasteiger partial charge on any atom is -0.496 e. The molecule has 1 aliphatic heterocycles. The number of non-ortho nitro benzene ring substituents is 1. The average Bonchev–Trinajstić information content (AvgIpc) is 2.63. The highest BCUT2D eigenvalue weighted by atomic mass is 16.6. The Morgan fingerprint density at radius 3 is 2.42 bits per heavy atom. The molecule has 0 N–H and O–H groups in total. The molecule has 0 aromatic heterocycles. The molecule has 1 aliphatic rings. The molecule has 24 heavy (non-hydrogen) atoms. The Balaban J connectivity index is 1.65. The van der Waals surface area contributed by atoms with E-state index in [1.54, 1.807) is 19.2 Å². The summed E-state index contributed by atoms with van der Waals surface area (Å²) in [5.41, 5.74) is 2.21. The molecule has 3 rings (SSSR count). The van der Waals surface area contributed by atoms with Crippen LogP contribution in [0.4, 0.5) is 11.4 Å². The molecule has 0 amide bonds. The molecule has 0 radical (unpaired) electrons. The van der Waals surface area contributed by atoms with Crippen molar-refractivity contribution in [2.45, 2.75) is 6.54 Å². The summed E-state index contributed by atoms with van der Waals surface area (Å²) in [4.78, 5) is 15.3. The van der Waals surface area contributed by atoms with Crippen LogP contribution in [0.15, 0.2) is 48.5 Å². The van der Waals surface area contributed by atoms with Gasteiger partial charge in [-0.1, -0.05) is 18.2 Å². The number of nitro groups is 1. The second-order valence-corrected chi connectivity index (χ2v) is 5.85. The number of benzene rings is 2. The highest BCUT2D eigenvalue weighted by molar-refractivity contribution is 5.47. The van der Waals surface area contributed by atoms with Crippen LogP contribution in [0.2, 0.25) is 0 Å². The normalized spacial score (nSPS) is 15.3. The van der Waals surface area contributed by atoms with Gasteiger partial charge in [0, 0.05) is 56.1 Å². The van der Waals surface area contributed by atoms with Crippen LogP contribution in [0.1, 0.15) is 5.56 Å². The lowest BCUT2D eigenvalue weighted by molar-refractivity contribution is -0.385. The van der Waals surface area contributed by atoms with Gasteiger partial charge in [0.25, 0.3) is 5.69 Å². The number of ether oxygens (including phenoxy) is 1. The van der Waals surface area contributed by atoms with Gasteiger partial charge in [0.05, 0.1) is 12.0 Å². The Kier molecular flexibility index (Phi) is 4.96. The van der Waals surface area contributed by atoms with Crippen LogP contribution in [0.3, 0.4) is 0 Å². The predicted octanol–water partition coefficient (Wildman–Crippen LogP) is 2.93. The van der Waals surface area contributed by atoms with Gasteiger partial charge in [-0.15, -0.1) is 0 Å². The molecule has 0 aliphatic carbocycles. The highest BCUT2D eigenvalue weighted by Gasteiger charge is 2.19. The number of nitrogens with zero attached hydrogens (tertiary/aromatic N) is 3. The molecule has 0 saturated carbocycles. The zero-order chi connectivity index (χ0) is 16.9. The minimum absolute atomic E-state index is 0.105. The van der Waals surface area contributed by atoms with Crippen molar-refractivity contribution in [1.82, 2.24) is 4.90 Å². The number of hydrogen-bond donors (Lipinski definition) is 0. The van der Waals surface area contributed by atoms with Crippen LogP contribution in [0.25, 0.3) is 0 Å². The summed E-state index contributed by atoms with van der Waals surface area (Å²) in [7, 11) is 1.60. The van der Waals surface area contributed by atoms with Gasteiger partial charge in [0.1, 0.15) is 5.75 Å². The van der Waals surface area contributed by atoms with Crippen LogP contribution >= 0.6 is 0 Å². The van der Waals surface area contributed by atoms with Crippen molar-refractivity contribution >= 4 is 11.4 Å². The first-order valence-corrected chi connectivity index (χ1v) is 8.01. The zero-order valence-corrected chi connectivity index (χ0v) is 13.7. The highest BCUT2D eigenvalue weighted by Crippen LogP contribution is 2.26. The van der Waals surface area contributed by atoms with Crippen LogP contribution in [-0.2, 0) is 6.54 Å². The van der Waals surface area contributed by atoms with Gasteiger partial charge in [-0.05, 0) is 18.2 Å². The summed E-state index contributed by atoms with van der Waals surface area (Å²) in [5, 5.41) is 11.0. The van der Waals surface area contributed by atoms with Gasteiger partial charge in [-0.2, -0.15) is 0 Å². The van der Waals surface area contributed by atoms with Crippen molar-refractivity contribution in [3.8, 4) is 5.75 Å². The van der Waals surface area contributed by atoms with Gasteiger partial charge >= 0.3 is 0 Å². The fourth-order valence-electron chi connectivity index (χ4n) is 3.05. The average molecular weight is 327 g/mol. The van der Waals surface area contributed by atoms with Gasteiger partial charge in [0.15, 0.2) is 0 Å². The summed E-state index contributed by atoms with van der Waals surface area (Å²) in [5.74, 6) is 0.700. The third-order valence-corrected chi connectivity index (χ3v) is 4.36. The van der Waals surface area contributed by atoms with E-state index in [9.17, 15) is 10.1 Å². The molecule has 6 nitrogen and oxygen atoms in total. The first-order valence-electron chi connectivity index (χ1n) is 8.01. The molecule has 1 saturated heterocycles. The van der Waals surface area contributed by atoms with Crippen molar-refractivity contribution in [3.63, 3.8) is 0 Å². The van der Waals surface area contributed by atoms with Gasteiger partial charge < -0.3 is 9.64 Å². The molecule has 1 heterocycles. The summed E-state index contributed by atoms with van der Waals surface area (Å²) in [6, 6.07) is 15.1. The molecule has 0 spiro atoms. The van der Waals surface area contributed by atoms with Gasteiger partial charge in [0.2, 0.25) is 0 Å². The smallest absolute Gasteiger partial charge is 0.270 e. The lowest BCUT2D eigenvalue weighted by Gasteiger charge is -2.36. The molecule has 0 atom stereocenters. The molecule has 1 fully saturated rings. The Morgan fingerprint density at radius 1 is 1.08 bits per heavy atom. The van der Waals surface area contributed by atoms with E-state index in [1.807, 2.05) is 6.07 Å². The molecule has 2 aromatic rings. The summed E-state index contributed by atoms with van der Waals surface area (Å²) >= 11 is 0. The van der Waals surface area contributed by atoms with E-state index in [0.717, 1.165) is 31.7 Å². The van der Waals surface area contributed by atoms with E-state index in [0.29, 0.717) is 12.3 Å². The van der Waals surface area contributed by atoms with E-state index in [2.05, 4.69) is 34.1 Å². The van der Waals surface area contributed by atoms with E-state index in [1.165, 1.54) is 11.8 Å². The molecule has 6 heteroatoms. The number of nitro benzene ring substituents is 1. The second kappa shape index (κ2) is 7.31. The van der Waals surface area contributed by atoms with Crippen LogP contribution in [-0.4, -0.2) is 43.1 Å². The number of para-hydroxylation sites is 1.